The maximum atomic E-state index is 12.8. The molecule has 2 atom stereocenters. The highest BCUT2D eigenvalue weighted by atomic mass is 16.2. The maximum Gasteiger partial charge on any atom is 0.236 e. The minimum Gasteiger partial charge on any atom is -0.341 e. The topological polar surface area (TPSA) is 48.8 Å². The molecular weight excluding hydrogens is 336 g/mol. The van der Waals surface area contributed by atoms with Gasteiger partial charge in [-0.05, 0) is 43.5 Å². The first kappa shape index (κ1) is 18.1. The average molecular weight is 364 g/mol. The van der Waals surface area contributed by atoms with Gasteiger partial charge in [0, 0.05) is 49.4 Å². The predicted molar refractivity (Wildman–Crippen MR) is 109 cm³/mol. The van der Waals surface area contributed by atoms with Gasteiger partial charge < -0.3 is 4.90 Å². The van der Waals surface area contributed by atoms with E-state index in [0.717, 1.165) is 43.7 Å². The summed E-state index contributed by atoms with van der Waals surface area (Å²) in [7, 11) is 1.78. The van der Waals surface area contributed by atoms with Crippen molar-refractivity contribution >= 4 is 23.0 Å². The summed E-state index contributed by atoms with van der Waals surface area (Å²) in [6, 6.07) is 8.47. The second kappa shape index (κ2) is 7.77. The van der Waals surface area contributed by atoms with Gasteiger partial charge in [-0.2, -0.15) is 0 Å². The van der Waals surface area contributed by atoms with Gasteiger partial charge in [-0.25, -0.2) is 0 Å². The molecule has 1 amide bonds. The molecule has 0 spiro atoms. The second-order valence-corrected chi connectivity index (χ2v) is 8.00. The molecule has 0 radical (unpaired) electrons. The van der Waals surface area contributed by atoms with E-state index in [2.05, 4.69) is 44.9 Å². The average Bonchev–Trinajstić information content (AvgIpc) is 2.64. The smallest absolute Gasteiger partial charge is 0.236 e. The molecule has 2 aliphatic rings. The van der Waals surface area contributed by atoms with Gasteiger partial charge in [0.15, 0.2) is 0 Å². The molecule has 2 aliphatic heterocycles. The van der Waals surface area contributed by atoms with Crippen LogP contribution >= 0.6 is 0 Å². The lowest BCUT2D eigenvalue weighted by molar-refractivity contribution is -0.135. The highest BCUT2D eigenvalue weighted by Gasteiger charge is 2.31. The Kier molecular flexibility index (Phi) is 5.21. The predicted octanol–water partition coefficient (Wildman–Crippen LogP) is 2.94. The molecule has 1 aromatic carbocycles. The number of piperidine rings is 1. The van der Waals surface area contributed by atoms with E-state index in [1.54, 1.807) is 7.05 Å². The fourth-order valence-corrected chi connectivity index (χ4v) is 4.43. The number of carbonyl (C=O) groups excluding carboxylic acids is 1. The quantitative estimate of drug-likeness (QED) is 0.784. The van der Waals surface area contributed by atoms with Crippen LogP contribution in [-0.2, 0) is 4.79 Å². The van der Waals surface area contributed by atoms with Crippen molar-refractivity contribution in [3.8, 4) is 0 Å². The standard InChI is InChI=1S/C22H28N4O/c1-16-11-18(14-26(13-16)21(27)15-25-9-4-10-25)19-7-6-17(12-23-2)22-20(19)5-3-8-24-22/h3,5-8,12,16,18H,4,9-11,13-15H2,1-2H3/t16-,18+/m1/s1. The number of aromatic nitrogens is 1. The van der Waals surface area contributed by atoms with E-state index in [0.29, 0.717) is 18.4 Å². The summed E-state index contributed by atoms with van der Waals surface area (Å²) in [6.07, 6.45) is 6.04. The lowest BCUT2D eigenvalue weighted by atomic mass is 9.83. The largest absolute Gasteiger partial charge is 0.341 e. The van der Waals surface area contributed by atoms with Crippen LogP contribution < -0.4 is 0 Å². The monoisotopic (exact) mass is 364 g/mol. The summed E-state index contributed by atoms with van der Waals surface area (Å²) in [5.74, 6) is 1.14. The third-order valence-electron chi connectivity index (χ3n) is 5.86. The Bertz CT molecular complexity index is 859. The van der Waals surface area contributed by atoms with Gasteiger partial charge in [0.25, 0.3) is 0 Å². The zero-order chi connectivity index (χ0) is 18.8. The molecule has 5 nitrogen and oxygen atoms in total. The van der Waals surface area contributed by atoms with Crippen LogP contribution in [0.5, 0.6) is 0 Å². The van der Waals surface area contributed by atoms with Crippen molar-refractivity contribution in [2.24, 2.45) is 10.9 Å². The number of amides is 1. The summed E-state index contributed by atoms with van der Waals surface area (Å²) in [5.41, 5.74) is 3.35. The van der Waals surface area contributed by atoms with Crippen LogP contribution in [0.2, 0.25) is 0 Å². The summed E-state index contributed by atoms with van der Waals surface area (Å²) in [5, 5.41) is 1.18. The first-order chi connectivity index (χ1) is 13.2. The van der Waals surface area contributed by atoms with Crippen molar-refractivity contribution in [3.05, 3.63) is 41.6 Å². The minimum absolute atomic E-state index is 0.281. The van der Waals surface area contributed by atoms with Crippen LogP contribution in [0, 0.1) is 5.92 Å². The fraction of sp³-hybridized carbons (Fsp3) is 0.500. The lowest BCUT2D eigenvalue weighted by Gasteiger charge is -2.39. The molecule has 0 N–H and O–H groups in total. The first-order valence-corrected chi connectivity index (χ1v) is 9.95. The van der Waals surface area contributed by atoms with Crippen LogP contribution in [-0.4, -0.2) is 66.7 Å². The van der Waals surface area contributed by atoms with Crippen LogP contribution in [0.25, 0.3) is 10.9 Å². The van der Waals surface area contributed by atoms with Crippen LogP contribution in [0.4, 0.5) is 0 Å². The van der Waals surface area contributed by atoms with Crippen molar-refractivity contribution in [2.45, 2.75) is 25.7 Å². The first-order valence-electron chi connectivity index (χ1n) is 9.95. The molecular formula is C22H28N4O. The molecule has 0 bridgehead atoms. The molecule has 0 aliphatic carbocycles. The molecule has 3 heterocycles. The van der Waals surface area contributed by atoms with E-state index in [1.807, 2.05) is 18.5 Å². The Morgan fingerprint density at radius 3 is 2.89 bits per heavy atom. The van der Waals surface area contributed by atoms with Crippen LogP contribution in [0.3, 0.4) is 0 Å². The maximum absolute atomic E-state index is 12.8. The summed E-state index contributed by atoms with van der Waals surface area (Å²) in [4.78, 5) is 25.9. The highest BCUT2D eigenvalue weighted by molar-refractivity contribution is 5.99. The van der Waals surface area contributed by atoms with E-state index >= 15 is 0 Å². The zero-order valence-electron chi connectivity index (χ0n) is 16.3. The van der Waals surface area contributed by atoms with Crippen molar-refractivity contribution < 1.29 is 4.79 Å². The van der Waals surface area contributed by atoms with Crippen molar-refractivity contribution in [2.75, 3.05) is 39.8 Å². The third-order valence-corrected chi connectivity index (χ3v) is 5.86. The number of benzene rings is 1. The van der Waals surface area contributed by atoms with E-state index < -0.39 is 0 Å². The van der Waals surface area contributed by atoms with Crippen molar-refractivity contribution in [3.63, 3.8) is 0 Å². The van der Waals surface area contributed by atoms with Crippen LogP contribution in [0.15, 0.2) is 35.5 Å². The molecule has 5 heteroatoms. The molecule has 0 saturated carbocycles. The Morgan fingerprint density at radius 1 is 1.30 bits per heavy atom. The second-order valence-electron chi connectivity index (χ2n) is 8.00. The van der Waals surface area contributed by atoms with E-state index in [9.17, 15) is 4.79 Å². The number of carbonyl (C=O) groups is 1. The Morgan fingerprint density at radius 2 is 2.15 bits per heavy atom. The lowest BCUT2D eigenvalue weighted by Crippen LogP contribution is -2.49. The number of rotatable bonds is 4. The van der Waals surface area contributed by atoms with E-state index in [-0.39, 0.29) is 5.91 Å². The van der Waals surface area contributed by atoms with E-state index in [1.165, 1.54) is 17.4 Å². The summed E-state index contributed by atoms with van der Waals surface area (Å²) >= 11 is 0. The number of fused-ring (bicyclic) bond motifs is 1. The van der Waals surface area contributed by atoms with Crippen molar-refractivity contribution in [1.29, 1.82) is 0 Å². The van der Waals surface area contributed by atoms with Gasteiger partial charge in [0.2, 0.25) is 5.91 Å². The van der Waals surface area contributed by atoms with Gasteiger partial charge in [-0.3, -0.25) is 19.7 Å². The summed E-state index contributed by atoms with van der Waals surface area (Å²) in [6.45, 7) is 6.65. The van der Waals surface area contributed by atoms with Gasteiger partial charge >= 0.3 is 0 Å². The molecule has 1 aromatic heterocycles. The number of likely N-dealkylation sites (tertiary alicyclic amines) is 2. The molecule has 0 unspecified atom stereocenters. The number of hydrogen-bond donors (Lipinski definition) is 0. The van der Waals surface area contributed by atoms with Gasteiger partial charge in [-0.1, -0.05) is 25.1 Å². The minimum atomic E-state index is 0.281. The molecule has 4 rings (SSSR count). The molecule has 2 saturated heterocycles. The van der Waals surface area contributed by atoms with E-state index in [4.69, 9.17) is 0 Å². The Hall–Kier alpha value is -2.27. The molecule has 27 heavy (non-hydrogen) atoms. The third kappa shape index (κ3) is 3.74. The number of nitrogens with zero attached hydrogens (tertiary/aromatic N) is 4. The SMILES string of the molecule is CN=Cc1ccc([C@H]2C[C@@H](C)CN(C(=O)CN3CCC3)C2)c2cccnc12. The number of pyridine rings is 1. The normalized spacial score (nSPS) is 23.7. The molecule has 2 fully saturated rings. The highest BCUT2D eigenvalue weighted by Crippen LogP contribution is 2.34. The van der Waals surface area contributed by atoms with Gasteiger partial charge in [-0.15, -0.1) is 0 Å². The van der Waals surface area contributed by atoms with Gasteiger partial charge in [0.05, 0.1) is 12.1 Å². The molecule has 2 aromatic rings. The zero-order valence-corrected chi connectivity index (χ0v) is 16.3. The molecule has 142 valence electrons. The van der Waals surface area contributed by atoms with Crippen molar-refractivity contribution in [1.82, 2.24) is 14.8 Å². The van der Waals surface area contributed by atoms with Crippen LogP contribution in [0.1, 0.15) is 36.8 Å². The van der Waals surface area contributed by atoms with Gasteiger partial charge in [0.1, 0.15) is 0 Å². The Labute approximate surface area is 161 Å². The Balaban J connectivity index is 1.62. The fourth-order valence-electron chi connectivity index (χ4n) is 4.43. The number of aliphatic imine (C=N–C) groups is 1. The summed E-state index contributed by atoms with van der Waals surface area (Å²) < 4.78 is 0. The number of hydrogen-bond acceptors (Lipinski definition) is 4.